The summed E-state index contributed by atoms with van der Waals surface area (Å²) >= 11 is 11.4. The molecule has 1 aromatic carbocycles. The van der Waals surface area contributed by atoms with Crippen LogP contribution in [0, 0.1) is 11.7 Å². The van der Waals surface area contributed by atoms with E-state index in [1.54, 1.807) is 0 Å². The Kier molecular flexibility index (Phi) is 4.40. The predicted molar refractivity (Wildman–Crippen MR) is 73.5 cm³/mol. The molecule has 0 aliphatic heterocycles. The first-order chi connectivity index (χ1) is 8.86. The molecule has 0 unspecified atom stereocenters. The van der Waals surface area contributed by atoms with E-state index in [-0.39, 0.29) is 16.5 Å². The van der Waals surface area contributed by atoms with E-state index in [4.69, 9.17) is 23.2 Å². The second-order valence-corrected chi connectivity index (χ2v) is 7.46. The van der Waals surface area contributed by atoms with Gasteiger partial charge in [-0.1, -0.05) is 11.6 Å². The van der Waals surface area contributed by atoms with Crippen molar-refractivity contribution in [3.8, 4) is 0 Å². The zero-order valence-corrected chi connectivity index (χ0v) is 12.7. The van der Waals surface area contributed by atoms with Gasteiger partial charge in [-0.05, 0) is 30.9 Å². The van der Waals surface area contributed by atoms with Crippen LogP contribution in [-0.4, -0.2) is 26.3 Å². The molecule has 3 nitrogen and oxygen atoms in total. The normalized spacial score (nSPS) is 16.1. The van der Waals surface area contributed by atoms with Crippen LogP contribution in [-0.2, 0) is 15.9 Å². The lowest BCUT2D eigenvalue weighted by molar-refractivity contribution is 0.447. The fourth-order valence-electron chi connectivity index (χ4n) is 1.83. The Bertz CT molecular complexity index is 588. The fraction of sp³-hybridized carbons (Fsp3) is 0.500. The third-order valence-corrected chi connectivity index (χ3v) is 5.45. The van der Waals surface area contributed by atoms with Gasteiger partial charge in [0.15, 0.2) is 0 Å². The molecule has 0 aromatic heterocycles. The molecule has 2 rings (SSSR count). The average molecular weight is 326 g/mol. The van der Waals surface area contributed by atoms with Crippen molar-refractivity contribution in [3.63, 3.8) is 0 Å². The third kappa shape index (κ3) is 3.21. The van der Waals surface area contributed by atoms with Gasteiger partial charge in [0.2, 0.25) is 10.0 Å². The fourth-order valence-corrected chi connectivity index (χ4v) is 3.71. The molecule has 19 heavy (non-hydrogen) atoms. The van der Waals surface area contributed by atoms with Crippen LogP contribution in [0.3, 0.4) is 0 Å². The van der Waals surface area contributed by atoms with Gasteiger partial charge in [0, 0.05) is 24.2 Å². The lowest BCUT2D eigenvalue weighted by Crippen LogP contribution is -2.29. The van der Waals surface area contributed by atoms with Crippen molar-refractivity contribution in [3.05, 3.63) is 28.5 Å². The van der Waals surface area contributed by atoms with Crippen LogP contribution >= 0.6 is 23.2 Å². The highest BCUT2D eigenvalue weighted by Gasteiger charge is 2.31. The van der Waals surface area contributed by atoms with Gasteiger partial charge in [0.1, 0.15) is 10.7 Å². The van der Waals surface area contributed by atoms with Crippen LogP contribution in [0.4, 0.5) is 4.39 Å². The second-order valence-electron chi connectivity index (χ2n) is 4.74. The maximum atomic E-state index is 14.1. The summed E-state index contributed by atoms with van der Waals surface area (Å²) in [6, 6.07) is 2.47. The number of hydrogen-bond donors (Lipinski definition) is 0. The molecular weight excluding hydrogens is 312 g/mol. The Hall–Kier alpha value is -0.360. The van der Waals surface area contributed by atoms with Gasteiger partial charge in [0.25, 0.3) is 0 Å². The molecule has 106 valence electrons. The molecule has 0 spiro atoms. The van der Waals surface area contributed by atoms with E-state index < -0.39 is 20.7 Å². The monoisotopic (exact) mass is 325 g/mol. The Morgan fingerprint density at radius 1 is 1.42 bits per heavy atom. The number of nitrogens with zero attached hydrogens (tertiary/aromatic N) is 1. The van der Waals surface area contributed by atoms with Gasteiger partial charge in [-0.3, -0.25) is 0 Å². The quantitative estimate of drug-likeness (QED) is 0.779. The largest absolute Gasteiger partial charge is 0.245 e. The van der Waals surface area contributed by atoms with E-state index in [0.717, 1.165) is 18.9 Å². The van der Waals surface area contributed by atoms with Crippen molar-refractivity contribution in [1.82, 2.24) is 4.31 Å². The van der Waals surface area contributed by atoms with Crippen LogP contribution in [0.25, 0.3) is 0 Å². The van der Waals surface area contributed by atoms with Gasteiger partial charge in [-0.2, -0.15) is 0 Å². The second kappa shape index (κ2) is 5.56. The first kappa shape index (κ1) is 15.0. The molecule has 1 fully saturated rings. The SMILES string of the molecule is CN(CC1CC1)S(=O)(=O)c1cc(Cl)cc(CCl)c1F. The van der Waals surface area contributed by atoms with Crippen molar-refractivity contribution in [2.24, 2.45) is 5.92 Å². The van der Waals surface area contributed by atoms with E-state index in [1.807, 2.05) is 0 Å². The number of halogens is 3. The van der Waals surface area contributed by atoms with E-state index in [1.165, 1.54) is 17.4 Å². The number of alkyl halides is 1. The third-order valence-electron chi connectivity index (χ3n) is 3.12. The maximum Gasteiger partial charge on any atom is 0.245 e. The van der Waals surface area contributed by atoms with Crippen LogP contribution in [0.5, 0.6) is 0 Å². The van der Waals surface area contributed by atoms with Crippen molar-refractivity contribution >= 4 is 33.2 Å². The smallest absolute Gasteiger partial charge is 0.207 e. The maximum absolute atomic E-state index is 14.1. The number of benzene rings is 1. The van der Waals surface area contributed by atoms with E-state index >= 15 is 0 Å². The van der Waals surface area contributed by atoms with Crippen molar-refractivity contribution in [2.45, 2.75) is 23.6 Å². The highest BCUT2D eigenvalue weighted by Crippen LogP contribution is 2.32. The van der Waals surface area contributed by atoms with E-state index in [9.17, 15) is 12.8 Å². The van der Waals surface area contributed by atoms with Crippen LogP contribution in [0.1, 0.15) is 18.4 Å². The number of hydrogen-bond acceptors (Lipinski definition) is 2. The minimum absolute atomic E-state index is 0.0903. The van der Waals surface area contributed by atoms with Crippen molar-refractivity contribution in [2.75, 3.05) is 13.6 Å². The minimum Gasteiger partial charge on any atom is -0.207 e. The standard InChI is InChI=1S/C12H14Cl2FNO2S/c1-16(7-8-2-3-8)19(17,18)11-5-10(14)4-9(6-13)12(11)15/h4-5,8H,2-3,6-7H2,1H3. The topological polar surface area (TPSA) is 37.4 Å². The molecule has 1 saturated carbocycles. The molecule has 0 atom stereocenters. The lowest BCUT2D eigenvalue weighted by Gasteiger charge is -2.18. The summed E-state index contributed by atoms with van der Waals surface area (Å²) in [6.07, 6.45) is 2.04. The molecule has 0 bridgehead atoms. The van der Waals surface area contributed by atoms with Gasteiger partial charge in [0.05, 0.1) is 5.88 Å². The minimum atomic E-state index is -3.86. The first-order valence-electron chi connectivity index (χ1n) is 5.86. The Morgan fingerprint density at radius 2 is 2.05 bits per heavy atom. The Labute approximate surface area is 122 Å². The Morgan fingerprint density at radius 3 is 2.58 bits per heavy atom. The molecule has 0 amide bonds. The zero-order valence-electron chi connectivity index (χ0n) is 10.4. The molecule has 1 aliphatic rings. The number of sulfonamides is 1. The lowest BCUT2D eigenvalue weighted by atomic mass is 10.2. The van der Waals surface area contributed by atoms with Gasteiger partial charge in [-0.25, -0.2) is 17.1 Å². The molecule has 7 heteroatoms. The van der Waals surface area contributed by atoms with Crippen LogP contribution in [0.2, 0.25) is 5.02 Å². The van der Waals surface area contributed by atoms with Crippen molar-refractivity contribution in [1.29, 1.82) is 0 Å². The molecule has 0 radical (unpaired) electrons. The molecule has 0 saturated heterocycles. The molecule has 0 heterocycles. The highest BCUT2D eigenvalue weighted by molar-refractivity contribution is 7.89. The number of rotatable bonds is 5. The highest BCUT2D eigenvalue weighted by atomic mass is 35.5. The predicted octanol–water partition coefficient (Wildman–Crippen LogP) is 3.25. The molecule has 1 aromatic rings. The van der Waals surface area contributed by atoms with Crippen LogP contribution < -0.4 is 0 Å². The van der Waals surface area contributed by atoms with Gasteiger partial charge >= 0.3 is 0 Å². The van der Waals surface area contributed by atoms with Gasteiger partial charge in [-0.15, -0.1) is 11.6 Å². The summed E-state index contributed by atoms with van der Waals surface area (Å²) in [5.41, 5.74) is 0.0903. The van der Waals surface area contributed by atoms with E-state index in [2.05, 4.69) is 0 Å². The van der Waals surface area contributed by atoms with Gasteiger partial charge < -0.3 is 0 Å². The zero-order chi connectivity index (χ0) is 14.2. The summed E-state index contributed by atoms with van der Waals surface area (Å²) in [5, 5.41) is 0.162. The summed E-state index contributed by atoms with van der Waals surface area (Å²) in [7, 11) is -2.41. The summed E-state index contributed by atoms with van der Waals surface area (Å²) < 4.78 is 39.9. The first-order valence-corrected chi connectivity index (χ1v) is 8.21. The Balaban J connectivity index is 2.41. The average Bonchev–Trinajstić information content (AvgIpc) is 3.15. The van der Waals surface area contributed by atoms with E-state index in [0.29, 0.717) is 12.5 Å². The summed E-state index contributed by atoms with van der Waals surface area (Å²) in [5.74, 6) is -0.557. The summed E-state index contributed by atoms with van der Waals surface area (Å²) in [6.45, 7) is 0.407. The summed E-state index contributed by atoms with van der Waals surface area (Å²) in [4.78, 5) is -0.404. The molecular formula is C12H14Cl2FNO2S. The molecule has 1 aliphatic carbocycles. The van der Waals surface area contributed by atoms with Crippen molar-refractivity contribution < 1.29 is 12.8 Å². The molecule has 0 N–H and O–H groups in total. The van der Waals surface area contributed by atoms with Crippen LogP contribution in [0.15, 0.2) is 17.0 Å².